The molecule has 5 rings (SSSR count). The summed E-state index contributed by atoms with van der Waals surface area (Å²) in [5.41, 5.74) is 3.73. The van der Waals surface area contributed by atoms with E-state index in [9.17, 15) is 9.90 Å². The molecule has 200 valence electrons. The molecule has 2 aromatic carbocycles. The Balaban J connectivity index is 1.43. The number of aromatic hydroxyl groups is 1. The fourth-order valence-electron chi connectivity index (χ4n) is 5.59. The Bertz CT molecular complexity index is 1380. The van der Waals surface area contributed by atoms with Gasteiger partial charge in [0, 0.05) is 30.8 Å². The molecule has 1 aliphatic carbocycles. The van der Waals surface area contributed by atoms with Crippen LogP contribution >= 0.6 is 0 Å². The molecule has 0 radical (unpaired) electrons. The maximum absolute atomic E-state index is 12.6. The molecule has 4 aromatic rings. The van der Waals surface area contributed by atoms with Crippen LogP contribution in [0.15, 0.2) is 42.5 Å². The van der Waals surface area contributed by atoms with Gasteiger partial charge in [0.05, 0.1) is 11.0 Å². The highest BCUT2D eigenvalue weighted by atomic mass is 16.3. The van der Waals surface area contributed by atoms with Gasteiger partial charge >= 0.3 is 0 Å². The van der Waals surface area contributed by atoms with Crippen molar-refractivity contribution in [1.82, 2.24) is 30.2 Å². The van der Waals surface area contributed by atoms with Crippen LogP contribution in [0.2, 0.25) is 0 Å². The summed E-state index contributed by atoms with van der Waals surface area (Å²) in [6.45, 7) is 10.6. The van der Waals surface area contributed by atoms with Gasteiger partial charge in [-0.05, 0) is 79.0 Å². The topological polar surface area (TPSA) is 125 Å². The number of benzene rings is 2. The fraction of sp³-hybridized carbons (Fsp3) is 0.464. The predicted octanol–water partition coefficient (Wildman–Crippen LogP) is 5.14. The first kappa shape index (κ1) is 25.7. The molecule has 10 heteroatoms. The van der Waals surface area contributed by atoms with Gasteiger partial charge in [-0.15, -0.1) is 5.10 Å². The number of tetrazole rings is 1. The Morgan fingerprint density at radius 1 is 1.13 bits per heavy atom. The van der Waals surface area contributed by atoms with Crippen molar-refractivity contribution in [3.8, 4) is 5.75 Å². The molecule has 3 N–H and O–H groups in total. The highest BCUT2D eigenvalue weighted by Crippen LogP contribution is 2.40. The fourth-order valence-corrected chi connectivity index (χ4v) is 5.59. The number of aromatic nitrogens is 6. The molecule has 38 heavy (non-hydrogen) atoms. The van der Waals surface area contributed by atoms with Crippen LogP contribution in [0.5, 0.6) is 5.75 Å². The lowest BCUT2D eigenvalue weighted by Gasteiger charge is -2.41. The summed E-state index contributed by atoms with van der Waals surface area (Å²) in [6, 6.07) is 13.3. The third-order valence-electron chi connectivity index (χ3n) is 7.79. The molecular formula is C28H36N8O2. The second-order valence-corrected chi connectivity index (χ2v) is 11.2. The second kappa shape index (κ2) is 10.4. The van der Waals surface area contributed by atoms with Gasteiger partial charge in [-0.25, -0.2) is 4.98 Å². The summed E-state index contributed by atoms with van der Waals surface area (Å²) in [4.78, 5) is 20.0. The van der Waals surface area contributed by atoms with Gasteiger partial charge in [0.1, 0.15) is 5.75 Å². The predicted molar refractivity (Wildman–Crippen MR) is 147 cm³/mol. The van der Waals surface area contributed by atoms with Crippen LogP contribution in [0.4, 0.5) is 11.9 Å². The number of carbonyl (C=O) groups excluding carboxylic acids is 1. The third-order valence-corrected chi connectivity index (χ3v) is 7.79. The van der Waals surface area contributed by atoms with Crippen molar-refractivity contribution >= 4 is 28.8 Å². The van der Waals surface area contributed by atoms with Gasteiger partial charge in [-0.1, -0.05) is 38.0 Å². The van der Waals surface area contributed by atoms with E-state index >= 15 is 0 Å². The zero-order chi connectivity index (χ0) is 26.9. The standard InChI is InChI=1S/C28H36N8O2/c1-5-35-24-16-22(37)14-15-23(24)29-27(35)36(21-12-10-20(11-13-21)28(2,3)4)17-18-6-8-19(9-7-18)25(38)30-26-31-33-34-32-26/h6-9,14-16,20-21,37H,5,10-13,17H2,1-4H3,(H2,30,31,32,33,34,38). The molecule has 0 saturated heterocycles. The van der Waals surface area contributed by atoms with Gasteiger partial charge in [-0.2, -0.15) is 5.21 Å². The Morgan fingerprint density at radius 2 is 1.87 bits per heavy atom. The van der Waals surface area contributed by atoms with Gasteiger partial charge in [0.25, 0.3) is 11.9 Å². The quantitative estimate of drug-likeness (QED) is 0.311. The molecular weight excluding hydrogens is 480 g/mol. The van der Waals surface area contributed by atoms with Crippen molar-refractivity contribution in [3.05, 3.63) is 53.6 Å². The summed E-state index contributed by atoms with van der Waals surface area (Å²) in [6.07, 6.45) is 4.58. The first-order valence-electron chi connectivity index (χ1n) is 13.3. The lowest BCUT2D eigenvalue weighted by molar-refractivity contribution is 0.102. The summed E-state index contributed by atoms with van der Waals surface area (Å²) in [5.74, 6) is 1.72. The maximum Gasteiger partial charge on any atom is 0.270 e. The van der Waals surface area contributed by atoms with Crippen LogP contribution in [0, 0.1) is 11.3 Å². The van der Waals surface area contributed by atoms with E-state index in [0.29, 0.717) is 29.5 Å². The Hall–Kier alpha value is -3.95. The van der Waals surface area contributed by atoms with E-state index in [-0.39, 0.29) is 17.6 Å². The minimum Gasteiger partial charge on any atom is -0.508 e. The van der Waals surface area contributed by atoms with Crippen LogP contribution in [0.3, 0.4) is 0 Å². The van der Waals surface area contributed by atoms with Crippen molar-refractivity contribution in [2.75, 3.05) is 10.2 Å². The van der Waals surface area contributed by atoms with Crippen molar-refractivity contribution in [2.24, 2.45) is 11.3 Å². The Morgan fingerprint density at radius 3 is 2.50 bits per heavy atom. The van der Waals surface area contributed by atoms with E-state index in [2.05, 4.69) is 63.1 Å². The molecule has 1 amide bonds. The Kier molecular flexibility index (Phi) is 7.05. The number of nitrogens with zero attached hydrogens (tertiary/aromatic N) is 6. The molecule has 10 nitrogen and oxygen atoms in total. The number of H-pyrrole nitrogens is 1. The summed E-state index contributed by atoms with van der Waals surface area (Å²) in [5, 5.41) is 26.1. The van der Waals surface area contributed by atoms with Crippen molar-refractivity contribution in [1.29, 1.82) is 0 Å². The van der Waals surface area contributed by atoms with Crippen LogP contribution < -0.4 is 10.2 Å². The number of phenolic OH excluding ortho intramolecular Hbond substituents is 1. The number of nitrogens with one attached hydrogen (secondary N) is 2. The highest BCUT2D eigenvalue weighted by Gasteiger charge is 2.33. The highest BCUT2D eigenvalue weighted by molar-refractivity contribution is 6.03. The SMILES string of the molecule is CCn1c(N(Cc2ccc(C(=O)Nc3nn[nH]n3)cc2)C2CCC(C(C)(C)C)CC2)nc2ccc(O)cc21. The van der Waals surface area contributed by atoms with Crippen LogP contribution in [-0.2, 0) is 13.1 Å². The normalized spacial score (nSPS) is 18.0. The average molecular weight is 517 g/mol. The molecule has 1 saturated carbocycles. The minimum absolute atomic E-state index is 0.139. The lowest BCUT2D eigenvalue weighted by atomic mass is 9.71. The molecule has 2 aromatic heterocycles. The number of phenols is 1. The first-order valence-corrected chi connectivity index (χ1v) is 13.3. The molecule has 0 atom stereocenters. The second-order valence-electron chi connectivity index (χ2n) is 11.2. The maximum atomic E-state index is 12.6. The number of fused-ring (bicyclic) bond motifs is 1. The van der Waals surface area contributed by atoms with Crippen molar-refractivity contribution in [2.45, 2.75) is 72.5 Å². The number of amides is 1. The molecule has 0 aliphatic heterocycles. The molecule has 0 spiro atoms. The van der Waals surface area contributed by atoms with E-state index < -0.39 is 0 Å². The number of rotatable bonds is 7. The van der Waals surface area contributed by atoms with Crippen molar-refractivity contribution < 1.29 is 9.90 Å². The molecule has 0 unspecified atom stereocenters. The van der Waals surface area contributed by atoms with E-state index in [1.165, 1.54) is 12.8 Å². The number of aromatic amines is 1. The molecule has 0 bridgehead atoms. The van der Waals surface area contributed by atoms with E-state index in [1.807, 2.05) is 30.3 Å². The summed E-state index contributed by atoms with van der Waals surface area (Å²) >= 11 is 0. The number of hydrogen-bond acceptors (Lipinski definition) is 7. The van der Waals surface area contributed by atoms with E-state index in [0.717, 1.165) is 41.9 Å². The van der Waals surface area contributed by atoms with E-state index in [4.69, 9.17) is 4.98 Å². The largest absolute Gasteiger partial charge is 0.508 e. The summed E-state index contributed by atoms with van der Waals surface area (Å²) in [7, 11) is 0. The van der Waals surface area contributed by atoms with Gasteiger partial charge < -0.3 is 14.6 Å². The van der Waals surface area contributed by atoms with Gasteiger partial charge in [-0.3, -0.25) is 10.1 Å². The number of imidazole rings is 1. The zero-order valence-corrected chi connectivity index (χ0v) is 22.5. The van der Waals surface area contributed by atoms with Gasteiger partial charge in [0.15, 0.2) is 0 Å². The third kappa shape index (κ3) is 5.34. The number of carbonyl (C=O) groups is 1. The van der Waals surface area contributed by atoms with Gasteiger partial charge in [0.2, 0.25) is 5.95 Å². The monoisotopic (exact) mass is 516 g/mol. The molecule has 1 fully saturated rings. The number of anilines is 2. The van der Waals surface area contributed by atoms with Crippen LogP contribution in [-0.4, -0.2) is 47.2 Å². The smallest absolute Gasteiger partial charge is 0.270 e. The number of aryl methyl sites for hydroxylation is 1. The average Bonchev–Trinajstić information content (AvgIpc) is 3.54. The van der Waals surface area contributed by atoms with Crippen LogP contribution in [0.1, 0.15) is 69.3 Å². The molecule has 1 aliphatic rings. The van der Waals surface area contributed by atoms with Crippen LogP contribution in [0.25, 0.3) is 11.0 Å². The van der Waals surface area contributed by atoms with Crippen molar-refractivity contribution in [3.63, 3.8) is 0 Å². The molecule has 2 heterocycles. The Labute approximate surface area is 222 Å². The van der Waals surface area contributed by atoms with E-state index in [1.54, 1.807) is 12.1 Å². The zero-order valence-electron chi connectivity index (χ0n) is 22.5. The first-order chi connectivity index (χ1) is 18.2. The lowest BCUT2D eigenvalue weighted by Crippen LogP contribution is -2.41. The minimum atomic E-state index is -0.289. The summed E-state index contributed by atoms with van der Waals surface area (Å²) < 4.78 is 2.19. The number of hydrogen-bond donors (Lipinski definition) is 3.